The molecule has 0 heterocycles. The molecule has 0 atom stereocenters. The van der Waals surface area contributed by atoms with Gasteiger partial charge in [0.05, 0.1) is 19.8 Å². The van der Waals surface area contributed by atoms with E-state index < -0.39 is 18.3 Å². The zero-order valence-electron chi connectivity index (χ0n) is 8.82. The summed E-state index contributed by atoms with van der Waals surface area (Å²) in [5.41, 5.74) is 0. The minimum Gasteiger partial charge on any atom is -0.481 e. The smallest absolute Gasteiger partial charge is 0.312 e. The minimum atomic E-state index is -1.13. The largest absolute Gasteiger partial charge is 0.481 e. The summed E-state index contributed by atoms with van der Waals surface area (Å²) >= 11 is 0. The molecule has 0 saturated carbocycles. The minimum absolute atomic E-state index is 0.318. The van der Waals surface area contributed by atoms with E-state index in [1.54, 1.807) is 0 Å². The van der Waals surface area contributed by atoms with Gasteiger partial charge in [-0.05, 0) is 6.92 Å². The first-order chi connectivity index (χ1) is 7.16. The molecule has 0 bridgehead atoms. The van der Waals surface area contributed by atoms with E-state index in [-0.39, 0.29) is 0 Å². The number of amides is 1. The third-order valence-electron chi connectivity index (χ3n) is 1.46. The van der Waals surface area contributed by atoms with Crippen molar-refractivity contribution >= 4 is 11.9 Å². The third-order valence-corrected chi connectivity index (χ3v) is 1.46. The van der Waals surface area contributed by atoms with Crippen molar-refractivity contribution in [3.05, 3.63) is 0 Å². The summed E-state index contributed by atoms with van der Waals surface area (Å²) in [6.07, 6.45) is -0.501. The van der Waals surface area contributed by atoms with Crippen molar-refractivity contribution < 1.29 is 24.2 Å². The molecule has 0 fully saturated rings. The summed E-state index contributed by atoms with van der Waals surface area (Å²) in [7, 11) is 0. The first kappa shape index (κ1) is 13.9. The van der Waals surface area contributed by atoms with Gasteiger partial charge in [-0.15, -0.1) is 0 Å². The summed E-state index contributed by atoms with van der Waals surface area (Å²) in [6, 6.07) is 0. The van der Waals surface area contributed by atoms with Gasteiger partial charge >= 0.3 is 5.97 Å². The topological polar surface area (TPSA) is 84.9 Å². The number of carboxylic acids is 1. The summed E-state index contributed by atoms with van der Waals surface area (Å²) < 4.78 is 10.1. The number of hydrogen-bond acceptors (Lipinski definition) is 4. The van der Waals surface area contributed by atoms with Crippen LogP contribution in [0.15, 0.2) is 0 Å². The summed E-state index contributed by atoms with van der Waals surface area (Å²) in [6.45, 7) is 4.23. The Kier molecular flexibility index (Phi) is 8.70. The van der Waals surface area contributed by atoms with E-state index in [9.17, 15) is 9.59 Å². The van der Waals surface area contributed by atoms with Crippen molar-refractivity contribution in [3.63, 3.8) is 0 Å². The van der Waals surface area contributed by atoms with Crippen LogP contribution in [0.5, 0.6) is 0 Å². The molecular formula is C9H17NO5. The second kappa shape index (κ2) is 9.42. The summed E-state index contributed by atoms with van der Waals surface area (Å²) in [4.78, 5) is 20.9. The number of carbonyl (C=O) groups excluding carboxylic acids is 1. The lowest BCUT2D eigenvalue weighted by molar-refractivity contribution is -0.140. The van der Waals surface area contributed by atoms with Gasteiger partial charge in [-0.2, -0.15) is 0 Å². The first-order valence-electron chi connectivity index (χ1n) is 4.80. The molecule has 0 saturated heterocycles. The van der Waals surface area contributed by atoms with Gasteiger partial charge in [0.1, 0.15) is 6.42 Å². The van der Waals surface area contributed by atoms with Crippen LogP contribution in [0.3, 0.4) is 0 Å². The molecule has 15 heavy (non-hydrogen) atoms. The number of rotatable bonds is 9. The maximum absolute atomic E-state index is 10.8. The first-order valence-corrected chi connectivity index (χ1v) is 4.80. The molecule has 0 spiro atoms. The van der Waals surface area contributed by atoms with Crippen LogP contribution in [0.1, 0.15) is 13.3 Å². The molecule has 6 heteroatoms. The molecule has 0 aromatic carbocycles. The fourth-order valence-electron chi connectivity index (χ4n) is 0.827. The molecule has 0 aromatic rings. The van der Waals surface area contributed by atoms with E-state index in [1.165, 1.54) is 0 Å². The Morgan fingerprint density at radius 2 is 1.87 bits per heavy atom. The molecule has 0 radical (unpaired) electrons. The Hall–Kier alpha value is -1.14. The van der Waals surface area contributed by atoms with Gasteiger partial charge < -0.3 is 19.9 Å². The van der Waals surface area contributed by atoms with Crippen LogP contribution < -0.4 is 5.32 Å². The molecule has 0 aliphatic heterocycles. The van der Waals surface area contributed by atoms with Crippen LogP contribution in [-0.4, -0.2) is 50.0 Å². The highest BCUT2D eigenvalue weighted by atomic mass is 16.5. The van der Waals surface area contributed by atoms with E-state index in [4.69, 9.17) is 14.6 Å². The van der Waals surface area contributed by atoms with Gasteiger partial charge in [0.15, 0.2) is 0 Å². The highest BCUT2D eigenvalue weighted by Crippen LogP contribution is 1.80. The average molecular weight is 219 g/mol. The monoisotopic (exact) mass is 219 g/mol. The maximum atomic E-state index is 10.8. The van der Waals surface area contributed by atoms with Crippen LogP contribution in [0, 0.1) is 0 Å². The van der Waals surface area contributed by atoms with Crippen LogP contribution >= 0.6 is 0 Å². The van der Waals surface area contributed by atoms with Crippen LogP contribution in [0.2, 0.25) is 0 Å². The number of aliphatic carboxylic acids is 1. The van der Waals surface area contributed by atoms with E-state index >= 15 is 0 Å². The maximum Gasteiger partial charge on any atom is 0.312 e. The van der Waals surface area contributed by atoms with Gasteiger partial charge in [-0.1, -0.05) is 0 Å². The molecule has 6 nitrogen and oxygen atoms in total. The van der Waals surface area contributed by atoms with Crippen molar-refractivity contribution in [2.24, 2.45) is 0 Å². The zero-order valence-corrected chi connectivity index (χ0v) is 8.82. The second-order valence-electron chi connectivity index (χ2n) is 2.73. The summed E-state index contributed by atoms with van der Waals surface area (Å²) in [5, 5.41) is 10.7. The molecule has 0 unspecified atom stereocenters. The quantitative estimate of drug-likeness (QED) is 0.408. The number of carbonyl (C=O) groups is 2. The van der Waals surface area contributed by atoms with E-state index in [0.717, 1.165) is 0 Å². The molecule has 88 valence electrons. The lowest BCUT2D eigenvalue weighted by atomic mass is 10.4. The van der Waals surface area contributed by atoms with Crippen LogP contribution in [0.4, 0.5) is 0 Å². The van der Waals surface area contributed by atoms with E-state index in [1.807, 2.05) is 6.92 Å². The van der Waals surface area contributed by atoms with Crippen molar-refractivity contribution in [2.45, 2.75) is 13.3 Å². The van der Waals surface area contributed by atoms with Gasteiger partial charge in [-0.3, -0.25) is 9.59 Å². The molecule has 0 aliphatic carbocycles. The van der Waals surface area contributed by atoms with Gasteiger partial charge in [0.2, 0.25) is 5.91 Å². The Morgan fingerprint density at radius 3 is 2.47 bits per heavy atom. The highest BCUT2D eigenvalue weighted by Gasteiger charge is 2.05. The predicted octanol–water partition coefficient (Wildman–Crippen LogP) is -0.370. The Balaban J connectivity index is 3.16. The highest BCUT2D eigenvalue weighted by molar-refractivity contribution is 5.93. The van der Waals surface area contributed by atoms with Gasteiger partial charge in [0, 0.05) is 13.2 Å². The number of hydrogen-bond donors (Lipinski definition) is 2. The lowest BCUT2D eigenvalue weighted by Crippen LogP contribution is -2.29. The van der Waals surface area contributed by atoms with E-state index in [2.05, 4.69) is 5.32 Å². The summed E-state index contributed by atoms with van der Waals surface area (Å²) in [5.74, 6) is -1.64. The molecule has 0 aliphatic rings. The second-order valence-corrected chi connectivity index (χ2v) is 2.73. The average Bonchev–Trinajstić information content (AvgIpc) is 2.15. The normalized spacial score (nSPS) is 9.93. The Morgan fingerprint density at radius 1 is 1.20 bits per heavy atom. The Bertz CT molecular complexity index is 195. The standard InChI is InChI=1S/C9H17NO5/c1-2-14-5-6-15-4-3-10-8(11)7-9(12)13/h2-7H2,1H3,(H,10,11)(H,12,13). The molecular weight excluding hydrogens is 202 g/mol. The fourth-order valence-corrected chi connectivity index (χ4v) is 0.827. The zero-order chi connectivity index (χ0) is 11.5. The molecule has 0 aromatic heterocycles. The predicted molar refractivity (Wildman–Crippen MR) is 52.6 cm³/mol. The van der Waals surface area contributed by atoms with Crippen molar-refractivity contribution in [2.75, 3.05) is 33.0 Å². The molecule has 1 amide bonds. The van der Waals surface area contributed by atoms with Crippen molar-refractivity contribution in [3.8, 4) is 0 Å². The van der Waals surface area contributed by atoms with Crippen molar-refractivity contribution in [1.29, 1.82) is 0 Å². The third kappa shape index (κ3) is 10.8. The molecule has 0 rings (SSSR count). The molecule has 2 N–H and O–H groups in total. The van der Waals surface area contributed by atoms with Gasteiger partial charge in [0.25, 0.3) is 0 Å². The number of carboxylic acid groups (broad SMARTS) is 1. The van der Waals surface area contributed by atoms with Crippen LogP contribution in [0.25, 0.3) is 0 Å². The Labute approximate surface area is 88.6 Å². The van der Waals surface area contributed by atoms with Crippen LogP contribution in [-0.2, 0) is 19.1 Å². The SMILES string of the molecule is CCOCCOCCNC(=O)CC(=O)O. The van der Waals surface area contributed by atoms with Gasteiger partial charge in [-0.25, -0.2) is 0 Å². The van der Waals surface area contributed by atoms with Crippen molar-refractivity contribution in [1.82, 2.24) is 5.32 Å². The lowest BCUT2D eigenvalue weighted by Gasteiger charge is -2.05. The number of ether oxygens (including phenoxy) is 2. The fraction of sp³-hybridized carbons (Fsp3) is 0.778. The number of nitrogens with one attached hydrogen (secondary N) is 1. The van der Waals surface area contributed by atoms with E-state index in [0.29, 0.717) is 33.0 Å².